The van der Waals surface area contributed by atoms with Gasteiger partial charge in [0, 0.05) is 18.2 Å². The van der Waals surface area contributed by atoms with Crippen molar-refractivity contribution in [2.75, 3.05) is 6.54 Å². The van der Waals surface area contributed by atoms with Crippen molar-refractivity contribution in [3.05, 3.63) is 28.3 Å². The van der Waals surface area contributed by atoms with Crippen LogP contribution in [0.2, 0.25) is 0 Å². The van der Waals surface area contributed by atoms with Crippen LogP contribution in [0.25, 0.3) is 0 Å². The number of sulfonamides is 1. The lowest BCUT2D eigenvalue weighted by Crippen LogP contribution is -2.51. The summed E-state index contributed by atoms with van der Waals surface area (Å²) < 4.78 is 27.3. The molecule has 1 aromatic rings. The number of nitrogens with two attached hydrogens (primary N) is 1. The van der Waals surface area contributed by atoms with Crippen molar-refractivity contribution in [3.8, 4) is 5.75 Å². The molecule has 116 valence electrons. The second-order valence-corrected chi connectivity index (χ2v) is 6.89. The van der Waals surface area contributed by atoms with Crippen molar-refractivity contribution >= 4 is 15.7 Å². The zero-order valence-corrected chi connectivity index (χ0v) is 12.1. The van der Waals surface area contributed by atoms with Gasteiger partial charge in [0.1, 0.15) is 0 Å². The molecule has 0 radical (unpaired) electrons. The highest BCUT2D eigenvalue weighted by atomic mass is 32.2. The minimum Gasteiger partial charge on any atom is -0.502 e. The highest BCUT2D eigenvalue weighted by Gasteiger charge is 2.37. The van der Waals surface area contributed by atoms with Gasteiger partial charge in [0.05, 0.1) is 9.82 Å². The quantitative estimate of drug-likeness (QED) is 0.544. The van der Waals surface area contributed by atoms with Gasteiger partial charge in [0.2, 0.25) is 10.0 Å². The van der Waals surface area contributed by atoms with Gasteiger partial charge in [0.25, 0.3) is 0 Å². The van der Waals surface area contributed by atoms with Crippen LogP contribution in [0.3, 0.4) is 0 Å². The van der Waals surface area contributed by atoms with E-state index in [1.807, 2.05) is 0 Å². The van der Waals surface area contributed by atoms with E-state index in [2.05, 4.69) is 4.72 Å². The molecule has 1 aliphatic rings. The SMILES string of the molecule is NCC1(NS(=O)(=O)c2ccc(O)c([N+](=O)[O-])c2)CCCC1. The first-order chi connectivity index (χ1) is 9.80. The topological polar surface area (TPSA) is 136 Å². The Morgan fingerprint density at radius 2 is 2.00 bits per heavy atom. The molecule has 0 saturated heterocycles. The Labute approximate surface area is 122 Å². The fraction of sp³-hybridized carbons (Fsp3) is 0.500. The average Bonchev–Trinajstić information content (AvgIpc) is 2.87. The molecule has 0 unspecified atom stereocenters. The molecule has 0 atom stereocenters. The molecule has 21 heavy (non-hydrogen) atoms. The van der Waals surface area contributed by atoms with Gasteiger partial charge in [-0.1, -0.05) is 12.8 Å². The summed E-state index contributed by atoms with van der Waals surface area (Å²) in [5, 5.41) is 20.2. The molecule has 2 rings (SSSR count). The molecule has 0 spiro atoms. The highest BCUT2D eigenvalue weighted by Crippen LogP contribution is 2.32. The minimum absolute atomic E-state index is 0.173. The van der Waals surface area contributed by atoms with Crippen molar-refractivity contribution in [1.29, 1.82) is 0 Å². The van der Waals surface area contributed by atoms with Crippen molar-refractivity contribution in [2.24, 2.45) is 5.73 Å². The van der Waals surface area contributed by atoms with Gasteiger partial charge in [-0.3, -0.25) is 10.1 Å². The molecular formula is C12H17N3O5S. The van der Waals surface area contributed by atoms with E-state index >= 15 is 0 Å². The fourth-order valence-electron chi connectivity index (χ4n) is 2.56. The second kappa shape index (κ2) is 5.58. The zero-order valence-electron chi connectivity index (χ0n) is 11.3. The van der Waals surface area contributed by atoms with E-state index in [4.69, 9.17) is 5.73 Å². The number of nitrogens with one attached hydrogen (secondary N) is 1. The summed E-state index contributed by atoms with van der Waals surface area (Å²) in [6.07, 6.45) is 3.05. The highest BCUT2D eigenvalue weighted by molar-refractivity contribution is 7.89. The summed E-state index contributed by atoms with van der Waals surface area (Å²) in [7, 11) is -3.93. The van der Waals surface area contributed by atoms with Gasteiger partial charge >= 0.3 is 5.69 Å². The minimum atomic E-state index is -3.93. The third-order valence-corrected chi connectivity index (χ3v) is 5.33. The van der Waals surface area contributed by atoms with Gasteiger partial charge in [-0.25, -0.2) is 13.1 Å². The van der Waals surface area contributed by atoms with Crippen molar-refractivity contribution in [2.45, 2.75) is 36.1 Å². The maximum absolute atomic E-state index is 12.4. The van der Waals surface area contributed by atoms with E-state index in [9.17, 15) is 23.6 Å². The van der Waals surface area contributed by atoms with Gasteiger partial charge in [-0.05, 0) is 25.0 Å². The van der Waals surface area contributed by atoms with Crippen molar-refractivity contribution in [3.63, 3.8) is 0 Å². The number of hydrogen-bond acceptors (Lipinski definition) is 6. The standard InChI is InChI=1S/C12H17N3O5S/c13-8-12(5-1-2-6-12)14-21(19,20)9-3-4-11(16)10(7-9)15(17)18/h3-4,7,14,16H,1-2,5-6,8,13H2. The number of hydrogen-bond donors (Lipinski definition) is 3. The van der Waals surface area contributed by atoms with Crippen molar-refractivity contribution in [1.82, 2.24) is 4.72 Å². The lowest BCUT2D eigenvalue weighted by atomic mass is 10.0. The number of rotatable bonds is 5. The largest absolute Gasteiger partial charge is 0.502 e. The van der Waals surface area contributed by atoms with Crippen LogP contribution in [0.4, 0.5) is 5.69 Å². The summed E-state index contributed by atoms with van der Waals surface area (Å²) in [4.78, 5) is 9.69. The molecule has 0 aliphatic heterocycles. The number of nitrogens with zero attached hydrogens (tertiary/aromatic N) is 1. The van der Waals surface area contributed by atoms with E-state index in [1.165, 1.54) is 0 Å². The summed E-state index contributed by atoms with van der Waals surface area (Å²) in [6, 6.07) is 2.97. The van der Waals surface area contributed by atoms with Gasteiger partial charge in [0.15, 0.2) is 5.75 Å². The third kappa shape index (κ3) is 3.14. The molecule has 0 heterocycles. The number of aromatic hydroxyl groups is 1. The van der Waals surface area contributed by atoms with E-state index in [0.717, 1.165) is 31.0 Å². The molecule has 8 nitrogen and oxygen atoms in total. The van der Waals surface area contributed by atoms with Crippen LogP contribution in [0.1, 0.15) is 25.7 Å². The molecule has 1 aromatic carbocycles. The number of phenols is 1. The van der Waals surface area contributed by atoms with E-state index < -0.39 is 31.9 Å². The monoisotopic (exact) mass is 315 g/mol. The molecule has 4 N–H and O–H groups in total. The Balaban J connectivity index is 2.36. The normalized spacial score (nSPS) is 17.8. The second-order valence-electron chi connectivity index (χ2n) is 5.20. The molecule has 0 aromatic heterocycles. The van der Waals surface area contributed by atoms with Gasteiger partial charge in [-0.15, -0.1) is 0 Å². The van der Waals surface area contributed by atoms with Crippen LogP contribution in [0.15, 0.2) is 23.1 Å². The Kier molecular flexibility index (Phi) is 4.17. The molecule has 1 saturated carbocycles. The molecule has 1 fully saturated rings. The summed E-state index contributed by atoms with van der Waals surface area (Å²) in [6.45, 7) is 0.173. The van der Waals surface area contributed by atoms with Gasteiger partial charge in [-0.2, -0.15) is 0 Å². The summed E-state index contributed by atoms with van der Waals surface area (Å²) >= 11 is 0. The van der Waals surface area contributed by atoms with Crippen LogP contribution in [0, 0.1) is 10.1 Å². The number of benzene rings is 1. The van der Waals surface area contributed by atoms with Crippen molar-refractivity contribution < 1.29 is 18.4 Å². The molecule has 0 bridgehead atoms. The molecule has 1 aliphatic carbocycles. The predicted molar refractivity (Wildman–Crippen MR) is 75.3 cm³/mol. The maximum atomic E-state index is 12.4. The summed E-state index contributed by atoms with van der Waals surface area (Å²) in [5.74, 6) is -0.576. The number of nitro benzene ring substituents is 1. The number of nitro groups is 1. The van der Waals surface area contributed by atoms with E-state index in [0.29, 0.717) is 12.8 Å². The van der Waals surface area contributed by atoms with Crippen LogP contribution in [-0.2, 0) is 10.0 Å². The van der Waals surface area contributed by atoms with Crippen LogP contribution < -0.4 is 10.5 Å². The number of phenolic OH excluding ortho intramolecular Hbond substituents is 1. The smallest absolute Gasteiger partial charge is 0.312 e. The fourth-order valence-corrected chi connectivity index (χ4v) is 4.05. The Bertz CT molecular complexity index is 653. The van der Waals surface area contributed by atoms with Crippen LogP contribution in [0.5, 0.6) is 5.75 Å². The first-order valence-electron chi connectivity index (χ1n) is 6.51. The zero-order chi connectivity index (χ0) is 15.7. The average molecular weight is 315 g/mol. The maximum Gasteiger partial charge on any atom is 0.312 e. The first kappa shape index (κ1) is 15.7. The van der Waals surface area contributed by atoms with E-state index in [1.54, 1.807) is 0 Å². The lowest BCUT2D eigenvalue weighted by molar-refractivity contribution is -0.386. The molecular weight excluding hydrogens is 298 g/mol. The van der Waals surface area contributed by atoms with Crippen LogP contribution in [-0.4, -0.2) is 30.5 Å². The predicted octanol–water partition coefficient (Wildman–Crippen LogP) is 0.850. The molecule has 9 heteroatoms. The first-order valence-corrected chi connectivity index (χ1v) is 7.99. The Hall–Kier alpha value is -1.71. The Morgan fingerprint density at radius 1 is 1.38 bits per heavy atom. The lowest BCUT2D eigenvalue weighted by Gasteiger charge is -2.28. The van der Waals surface area contributed by atoms with E-state index in [-0.39, 0.29) is 11.4 Å². The molecule has 0 amide bonds. The summed E-state index contributed by atoms with van der Waals surface area (Å²) in [5.41, 5.74) is 4.35. The Morgan fingerprint density at radius 3 is 2.52 bits per heavy atom. The van der Waals surface area contributed by atoms with Gasteiger partial charge < -0.3 is 10.8 Å². The van der Waals surface area contributed by atoms with Crippen LogP contribution >= 0.6 is 0 Å². The third-order valence-electron chi connectivity index (χ3n) is 3.76.